The molecule has 3 atom stereocenters. The normalized spacial score (nSPS) is 23.6. The second-order valence-electron chi connectivity index (χ2n) is 9.11. The van der Waals surface area contributed by atoms with Gasteiger partial charge in [-0.2, -0.15) is 0 Å². The quantitative estimate of drug-likeness (QED) is 0.483. The number of hydrogen-bond acceptors (Lipinski definition) is 7. The zero-order valence-corrected chi connectivity index (χ0v) is 20.7. The number of thioether (sulfide) groups is 1. The molecule has 1 aromatic carbocycles. The molecule has 3 amide bonds. The molecule has 3 aliphatic rings. The zero-order chi connectivity index (χ0) is 25.0. The van der Waals surface area contributed by atoms with Gasteiger partial charge in [-0.15, -0.1) is 0 Å². The average molecular weight is 528 g/mol. The summed E-state index contributed by atoms with van der Waals surface area (Å²) in [7, 11) is 0. The Balaban J connectivity index is 1.41. The van der Waals surface area contributed by atoms with Crippen LogP contribution in [0.25, 0.3) is 0 Å². The number of anilines is 1. The van der Waals surface area contributed by atoms with Crippen LogP contribution in [0.4, 0.5) is 10.1 Å². The number of amides is 3. The maximum Gasteiger partial charge on any atom is 0.308 e. The minimum absolute atomic E-state index is 0.107. The molecule has 0 bridgehead atoms. The Morgan fingerprint density at radius 2 is 1.78 bits per heavy atom. The number of fused-ring (bicyclic) bond motifs is 2. The van der Waals surface area contributed by atoms with Crippen LogP contribution in [0.5, 0.6) is 0 Å². The summed E-state index contributed by atoms with van der Waals surface area (Å²) in [5.74, 6) is -2.42. The number of likely N-dealkylation sites (tertiary alicyclic amines) is 1. The van der Waals surface area contributed by atoms with E-state index in [4.69, 9.17) is 4.42 Å². The number of benzene rings is 1. The van der Waals surface area contributed by atoms with E-state index in [9.17, 15) is 23.6 Å². The van der Waals surface area contributed by atoms with Crippen molar-refractivity contribution < 1.29 is 23.2 Å². The van der Waals surface area contributed by atoms with Crippen LogP contribution in [0.2, 0.25) is 0 Å². The largest absolute Gasteiger partial charge is 0.469 e. The maximum atomic E-state index is 13.6. The van der Waals surface area contributed by atoms with Crippen molar-refractivity contribution >= 4 is 46.5 Å². The molecule has 0 saturated carbocycles. The fourth-order valence-corrected chi connectivity index (χ4v) is 8.01. The molecule has 8 nitrogen and oxygen atoms in total. The topological polar surface area (TPSA) is 92.8 Å². The Morgan fingerprint density at radius 1 is 1.03 bits per heavy atom. The molecule has 11 heteroatoms. The Bertz CT molecular complexity index is 1390. The fourth-order valence-electron chi connectivity index (χ4n) is 5.25. The predicted octanol–water partition coefficient (Wildman–Crippen LogP) is 3.45. The molecule has 3 aliphatic heterocycles. The number of nitrogens with zero attached hydrogens (tertiary/aromatic N) is 3. The molecule has 0 unspecified atom stereocenters. The summed E-state index contributed by atoms with van der Waals surface area (Å²) in [6.07, 6.45) is 4.46. The molecule has 0 N–H and O–H groups in total. The van der Waals surface area contributed by atoms with E-state index in [1.165, 1.54) is 35.1 Å². The number of rotatable bonds is 4. The van der Waals surface area contributed by atoms with Crippen LogP contribution in [0, 0.1) is 11.7 Å². The van der Waals surface area contributed by atoms with E-state index in [-0.39, 0.29) is 17.3 Å². The highest BCUT2D eigenvalue weighted by Crippen LogP contribution is 2.53. The molecular weight excluding hydrogens is 505 g/mol. The third-order valence-corrected chi connectivity index (χ3v) is 9.59. The van der Waals surface area contributed by atoms with E-state index in [1.54, 1.807) is 17.0 Å². The van der Waals surface area contributed by atoms with Crippen molar-refractivity contribution in [3.63, 3.8) is 0 Å². The highest BCUT2D eigenvalue weighted by Gasteiger charge is 2.57. The van der Waals surface area contributed by atoms with Crippen LogP contribution in [0.15, 0.2) is 56.9 Å². The summed E-state index contributed by atoms with van der Waals surface area (Å²) in [5.41, 5.74) is 0.292. The zero-order valence-electron chi connectivity index (χ0n) is 19.1. The molecular formula is C25H22FN3O5S2. The van der Waals surface area contributed by atoms with E-state index in [1.807, 2.05) is 0 Å². The van der Waals surface area contributed by atoms with Crippen LogP contribution < -0.4 is 9.77 Å². The van der Waals surface area contributed by atoms with Gasteiger partial charge in [0, 0.05) is 13.1 Å². The summed E-state index contributed by atoms with van der Waals surface area (Å²) in [4.78, 5) is 56.5. The standard InChI is InChI=1S/C25H22FN3O5S2/c26-14-6-8-15(9-7-14)29-22(31)19-18(16-5-4-12-34-16)21-24(35-20(19)23(29)32)28(25(33)36-21)13-17(30)27-10-2-1-3-11-27/h4-9,12,18-20H,1-3,10-11,13H2/t18-,19-,20+/m0/s1. The first kappa shape index (κ1) is 23.2. The number of halogens is 1. The van der Waals surface area contributed by atoms with E-state index < -0.39 is 34.7 Å². The molecule has 2 aromatic heterocycles. The summed E-state index contributed by atoms with van der Waals surface area (Å²) in [6.45, 7) is 1.24. The van der Waals surface area contributed by atoms with Gasteiger partial charge in [-0.25, -0.2) is 9.29 Å². The average Bonchev–Trinajstić information content (AvgIpc) is 3.58. The number of furan rings is 1. The van der Waals surface area contributed by atoms with Crippen molar-refractivity contribution in [3.8, 4) is 0 Å². The summed E-state index contributed by atoms with van der Waals surface area (Å²) in [5, 5.41) is -0.282. The molecule has 0 aliphatic carbocycles. The molecule has 2 saturated heterocycles. The first-order valence-corrected chi connectivity index (χ1v) is 13.5. The van der Waals surface area contributed by atoms with Gasteiger partial charge in [-0.1, -0.05) is 23.1 Å². The van der Waals surface area contributed by atoms with Gasteiger partial charge < -0.3 is 9.32 Å². The van der Waals surface area contributed by atoms with Gasteiger partial charge in [0.25, 0.3) is 0 Å². The summed E-state index contributed by atoms with van der Waals surface area (Å²) >= 11 is 2.14. The van der Waals surface area contributed by atoms with Crippen LogP contribution >= 0.6 is 23.1 Å². The SMILES string of the molecule is O=C(Cn1c2c(sc1=O)[C@@H](c1ccco1)[C@@H]1C(=O)N(c3ccc(F)cc3)C(=O)[C@@H]1S2)N1CCCCC1. The summed E-state index contributed by atoms with van der Waals surface area (Å²) < 4.78 is 20.6. The minimum atomic E-state index is -0.810. The van der Waals surface area contributed by atoms with Gasteiger partial charge in [0.2, 0.25) is 17.7 Å². The Kier molecular flexibility index (Phi) is 5.83. The van der Waals surface area contributed by atoms with Crippen molar-refractivity contribution in [1.82, 2.24) is 9.47 Å². The molecule has 2 fully saturated rings. The fraction of sp³-hybridized carbons (Fsp3) is 0.360. The van der Waals surface area contributed by atoms with Gasteiger partial charge in [-0.05, 0) is 55.7 Å². The number of imide groups is 1. The number of aromatic nitrogens is 1. The first-order chi connectivity index (χ1) is 17.4. The van der Waals surface area contributed by atoms with E-state index >= 15 is 0 Å². The lowest BCUT2D eigenvalue weighted by Crippen LogP contribution is -2.39. The van der Waals surface area contributed by atoms with E-state index in [2.05, 4.69) is 0 Å². The van der Waals surface area contributed by atoms with E-state index in [0.29, 0.717) is 34.4 Å². The third kappa shape index (κ3) is 3.72. The van der Waals surface area contributed by atoms with Crippen molar-refractivity contribution in [3.05, 3.63) is 68.8 Å². The van der Waals surface area contributed by atoms with Crippen LogP contribution in [0.3, 0.4) is 0 Å². The van der Waals surface area contributed by atoms with Crippen LogP contribution in [-0.2, 0) is 20.9 Å². The van der Waals surface area contributed by atoms with Gasteiger partial charge in [0.15, 0.2) is 0 Å². The number of carbonyl (C=O) groups is 3. The van der Waals surface area contributed by atoms with Crippen molar-refractivity contribution in [2.24, 2.45) is 5.92 Å². The van der Waals surface area contributed by atoms with Gasteiger partial charge in [-0.3, -0.25) is 23.7 Å². The van der Waals surface area contributed by atoms with Crippen molar-refractivity contribution in [2.45, 2.75) is 42.0 Å². The van der Waals surface area contributed by atoms with Crippen LogP contribution in [0.1, 0.15) is 35.8 Å². The molecule has 36 heavy (non-hydrogen) atoms. The molecule has 6 rings (SSSR count). The Labute approximate surface area is 213 Å². The first-order valence-electron chi connectivity index (χ1n) is 11.8. The molecule has 186 valence electrons. The number of carbonyl (C=O) groups excluding carboxylic acids is 3. The molecule has 0 spiro atoms. The lowest BCUT2D eigenvalue weighted by Gasteiger charge is -2.30. The minimum Gasteiger partial charge on any atom is -0.469 e. The van der Waals surface area contributed by atoms with Gasteiger partial charge >= 0.3 is 4.87 Å². The van der Waals surface area contributed by atoms with Crippen molar-refractivity contribution in [2.75, 3.05) is 18.0 Å². The monoisotopic (exact) mass is 527 g/mol. The number of hydrogen-bond donors (Lipinski definition) is 0. The number of thiazole rings is 1. The molecule has 0 radical (unpaired) electrons. The predicted molar refractivity (Wildman–Crippen MR) is 132 cm³/mol. The molecule has 5 heterocycles. The van der Waals surface area contributed by atoms with Crippen molar-refractivity contribution in [1.29, 1.82) is 0 Å². The number of piperidine rings is 1. The highest BCUT2D eigenvalue weighted by atomic mass is 32.2. The Morgan fingerprint density at radius 3 is 2.47 bits per heavy atom. The smallest absolute Gasteiger partial charge is 0.308 e. The lowest BCUT2D eigenvalue weighted by atomic mass is 9.87. The van der Waals surface area contributed by atoms with Gasteiger partial charge in [0.05, 0.1) is 33.7 Å². The van der Waals surface area contributed by atoms with E-state index in [0.717, 1.165) is 47.3 Å². The van der Waals surface area contributed by atoms with Gasteiger partial charge in [0.1, 0.15) is 23.4 Å². The highest BCUT2D eigenvalue weighted by molar-refractivity contribution is 8.00. The second kappa shape index (κ2) is 9.04. The molecule has 3 aromatic rings. The lowest BCUT2D eigenvalue weighted by molar-refractivity contribution is -0.133. The summed E-state index contributed by atoms with van der Waals surface area (Å²) in [6, 6.07) is 8.64. The van der Waals surface area contributed by atoms with Crippen LogP contribution in [-0.4, -0.2) is 45.5 Å². The Hall–Kier alpha value is -3.18. The third-order valence-electron chi connectivity index (χ3n) is 6.99. The second-order valence-corrected chi connectivity index (χ2v) is 11.2. The maximum absolute atomic E-state index is 13.6.